The molecule has 3 aromatic rings. The Morgan fingerprint density at radius 2 is 1.58 bits per heavy atom. The van der Waals surface area contributed by atoms with Gasteiger partial charge < -0.3 is 5.32 Å². The van der Waals surface area contributed by atoms with Gasteiger partial charge in [-0.2, -0.15) is 9.40 Å². The number of benzene rings is 2. The van der Waals surface area contributed by atoms with E-state index in [1.165, 1.54) is 10.4 Å². The van der Waals surface area contributed by atoms with Gasteiger partial charge in [-0.3, -0.25) is 9.59 Å². The lowest BCUT2D eigenvalue weighted by molar-refractivity contribution is -0.122. The lowest BCUT2D eigenvalue weighted by atomic mass is 9.98. The summed E-state index contributed by atoms with van der Waals surface area (Å²) < 4.78 is 28.1. The van der Waals surface area contributed by atoms with Gasteiger partial charge in [0, 0.05) is 31.3 Å². The summed E-state index contributed by atoms with van der Waals surface area (Å²) in [6.45, 7) is 1.10. The van der Waals surface area contributed by atoms with Crippen molar-refractivity contribution >= 4 is 15.9 Å². The summed E-state index contributed by atoms with van der Waals surface area (Å²) >= 11 is 0. The third-order valence-electron chi connectivity index (χ3n) is 5.77. The first-order chi connectivity index (χ1) is 15.9. The summed E-state index contributed by atoms with van der Waals surface area (Å²) in [5, 5.41) is 7.18. The number of carbonyl (C=O) groups is 1. The van der Waals surface area contributed by atoms with Crippen LogP contribution in [-0.4, -0.2) is 48.0 Å². The van der Waals surface area contributed by atoms with Crippen LogP contribution < -0.4 is 10.9 Å². The molecule has 0 aliphatic carbocycles. The van der Waals surface area contributed by atoms with E-state index < -0.39 is 10.0 Å². The smallest absolute Gasteiger partial charge is 0.267 e. The van der Waals surface area contributed by atoms with E-state index in [0.717, 1.165) is 10.2 Å². The highest BCUT2D eigenvalue weighted by atomic mass is 32.2. The minimum atomic E-state index is -3.49. The lowest BCUT2D eigenvalue weighted by Gasteiger charge is -2.31. The third-order valence-corrected chi connectivity index (χ3v) is 7.68. The number of sulfonamides is 1. The maximum atomic E-state index is 12.7. The second-order valence-electron chi connectivity index (χ2n) is 8.05. The number of piperidine rings is 1. The fourth-order valence-corrected chi connectivity index (χ4v) is 5.36. The summed E-state index contributed by atoms with van der Waals surface area (Å²) in [5.41, 5.74) is 1.14. The van der Waals surface area contributed by atoms with Gasteiger partial charge in [-0.25, -0.2) is 13.1 Å². The van der Waals surface area contributed by atoms with Crippen LogP contribution in [0.15, 0.2) is 82.5 Å². The van der Waals surface area contributed by atoms with Gasteiger partial charge in [0.15, 0.2) is 0 Å². The number of rotatable bonds is 7. The quantitative estimate of drug-likeness (QED) is 0.575. The van der Waals surface area contributed by atoms with Gasteiger partial charge in [-0.15, -0.1) is 0 Å². The van der Waals surface area contributed by atoms with Crippen LogP contribution in [0.4, 0.5) is 0 Å². The van der Waals surface area contributed by atoms with E-state index in [4.69, 9.17) is 0 Å². The molecule has 1 saturated heterocycles. The van der Waals surface area contributed by atoms with Crippen molar-refractivity contribution in [3.63, 3.8) is 0 Å². The number of aromatic nitrogens is 2. The maximum Gasteiger partial charge on any atom is 0.267 e. The van der Waals surface area contributed by atoms with E-state index in [0.29, 0.717) is 43.1 Å². The predicted molar refractivity (Wildman–Crippen MR) is 125 cm³/mol. The summed E-state index contributed by atoms with van der Waals surface area (Å²) in [6, 6.07) is 20.9. The predicted octanol–water partition coefficient (Wildman–Crippen LogP) is 2.13. The first kappa shape index (κ1) is 22.9. The van der Waals surface area contributed by atoms with Crippen molar-refractivity contribution in [1.29, 1.82) is 0 Å². The van der Waals surface area contributed by atoms with Crippen LogP contribution in [0.1, 0.15) is 12.8 Å². The standard InChI is InChI=1S/C24H26N4O4S/c29-23(18-28-24(30)12-11-22(26-28)20-7-3-1-4-8-20)25-17-19-13-15-27(16-14-19)33(31,32)21-9-5-2-6-10-21/h1-12,19H,13-18H2,(H,25,29). The zero-order chi connectivity index (χ0) is 23.3. The molecule has 1 N–H and O–H groups in total. The molecule has 4 rings (SSSR count). The second-order valence-corrected chi connectivity index (χ2v) is 9.98. The van der Waals surface area contributed by atoms with Gasteiger partial charge in [-0.05, 0) is 37.0 Å². The van der Waals surface area contributed by atoms with Crippen molar-refractivity contribution in [2.45, 2.75) is 24.3 Å². The molecule has 0 spiro atoms. The first-order valence-corrected chi connectivity index (χ1v) is 12.3. The third kappa shape index (κ3) is 5.55. The summed E-state index contributed by atoms with van der Waals surface area (Å²) in [4.78, 5) is 24.9. The molecule has 0 atom stereocenters. The molecule has 0 unspecified atom stereocenters. The average molecular weight is 467 g/mol. The summed E-state index contributed by atoms with van der Waals surface area (Å²) in [7, 11) is -3.49. The molecule has 9 heteroatoms. The van der Waals surface area contributed by atoms with Crippen LogP contribution in [0.3, 0.4) is 0 Å². The number of hydrogen-bond acceptors (Lipinski definition) is 5. The molecule has 1 aromatic heterocycles. The van der Waals surface area contributed by atoms with Crippen molar-refractivity contribution in [2.75, 3.05) is 19.6 Å². The number of nitrogens with one attached hydrogen (secondary N) is 1. The molecular formula is C24H26N4O4S. The Balaban J connectivity index is 1.30. The van der Waals surface area contributed by atoms with Gasteiger partial charge in [0.1, 0.15) is 6.54 Å². The van der Waals surface area contributed by atoms with Crippen molar-refractivity contribution in [2.24, 2.45) is 5.92 Å². The highest BCUT2D eigenvalue weighted by molar-refractivity contribution is 7.89. The minimum Gasteiger partial charge on any atom is -0.354 e. The highest BCUT2D eigenvalue weighted by Gasteiger charge is 2.29. The average Bonchev–Trinajstić information content (AvgIpc) is 2.85. The lowest BCUT2D eigenvalue weighted by Crippen LogP contribution is -2.42. The molecule has 2 heterocycles. The molecule has 1 amide bonds. The fourth-order valence-electron chi connectivity index (χ4n) is 3.87. The number of hydrogen-bond donors (Lipinski definition) is 1. The van der Waals surface area contributed by atoms with Crippen molar-refractivity contribution in [1.82, 2.24) is 19.4 Å². The van der Waals surface area contributed by atoms with Crippen LogP contribution in [0.5, 0.6) is 0 Å². The SMILES string of the molecule is O=C(Cn1nc(-c2ccccc2)ccc1=O)NCC1CCN(S(=O)(=O)c2ccccc2)CC1. The normalized spacial score (nSPS) is 15.3. The van der Waals surface area contributed by atoms with Crippen LogP contribution >= 0.6 is 0 Å². The second kappa shape index (κ2) is 10.1. The summed E-state index contributed by atoms with van der Waals surface area (Å²) in [5.74, 6) is -0.120. The first-order valence-electron chi connectivity index (χ1n) is 10.9. The Labute approximate surface area is 192 Å². The van der Waals surface area contributed by atoms with Crippen molar-refractivity contribution in [3.05, 3.63) is 83.2 Å². The largest absolute Gasteiger partial charge is 0.354 e. The zero-order valence-electron chi connectivity index (χ0n) is 18.1. The molecule has 1 fully saturated rings. The monoisotopic (exact) mass is 466 g/mol. The van der Waals surface area contributed by atoms with E-state index in [1.54, 1.807) is 36.4 Å². The van der Waals surface area contributed by atoms with Gasteiger partial charge >= 0.3 is 0 Å². The van der Waals surface area contributed by atoms with Crippen LogP contribution in [0.25, 0.3) is 11.3 Å². The Hall–Kier alpha value is -3.30. The Bertz CT molecular complexity index is 1250. The maximum absolute atomic E-state index is 12.7. The van der Waals surface area contributed by atoms with Gasteiger partial charge in [0.25, 0.3) is 5.56 Å². The molecule has 0 saturated carbocycles. The van der Waals surface area contributed by atoms with Crippen LogP contribution in [0, 0.1) is 5.92 Å². The minimum absolute atomic E-state index is 0.166. The zero-order valence-corrected chi connectivity index (χ0v) is 18.9. The molecular weight excluding hydrogens is 440 g/mol. The molecule has 1 aliphatic rings. The van der Waals surface area contributed by atoms with Gasteiger partial charge in [-0.1, -0.05) is 48.5 Å². The van der Waals surface area contributed by atoms with Crippen LogP contribution in [0.2, 0.25) is 0 Å². The van der Waals surface area contributed by atoms with E-state index in [9.17, 15) is 18.0 Å². The summed E-state index contributed by atoms with van der Waals surface area (Å²) in [6.07, 6.45) is 1.32. The number of carbonyl (C=O) groups excluding carboxylic acids is 1. The Morgan fingerprint density at radius 1 is 0.939 bits per heavy atom. The molecule has 0 radical (unpaired) electrons. The van der Waals surface area contributed by atoms with Gasteiger partial charge in [0.2, 0.25) is 15.9 Å². The fraction of sp³-hybridized carbons (Fsp3) is 0.292. The molecule has 1 aliphatic heterocycles. The van der Waals surface area contributed by atoms with Crippen molar-refractivity contribution < 1.29 is 13.2 Å². The van der Waals surface area contributed by atoms with E-state index in [1.807, 2.05) is 30.3 Å². The Morgan fingerprint density at radius 3 is 2.24 bits per heavy atom. The van der Waals surface area contributed by atoms with Crippen LogP contribution in [-0.2, 0) is 21.4 Å². The van der Waals surface area contributed by atoms with E-state index in [-0.39, 0.29) is 23.9 Å². The molecule has 8 nitrogen and oxygen atoms in total. The molecule has 0 bridgehead atoms. The Kier molecular flexibility index (Phi) is 7.00. The van der Waals surface area contributed by atoms with Gasteiger partial charge in [0.05, 0.1) is 10.6 Å². The number of amides is 1. The van der Waals surface area contributed by atoms with Crippen molar-refractivity contribution in [3.8, 4) is 11.3 Å². The molecule has 172 valence electrons. The van der Waals surface area contributed by atoms with E-state index >= 15 is 0 Å². The number of nitrogens with zero attached hydrogens (tertiary/aromatic N) is 3. The topological polar surface area (TPSA) is 101 Å². The molecule has 33 heavy (non-hydrogen) atoms. The molecule has 2 aromatic carbocycles. The highest BCUT2D eigenvalue weighted by Crippen LogP contribution is 2.23. The van der Waals surface area contributed by atoms with E-state index in [2.05, 4.69) is 10.4 Å².